The molecule has 1 amide bonds. The van der Waals surface area contributed by atoms with Crippen molar-refractivity contribution in [3.8, 4) is 17.2 Å². The molecule has 1 atom stereocenters. The molecule has 126 valence electrons. The van der Waals surface area contributed by atoms with Crippen LogP contribution in [0.2, 0.25) is 5.02 Å². The number of hydrogen-bond donors (Lipinski definition) is 1. The topological polar surface area (TPSA) is 56.8 Å². The molecule has 0 radical (unpaired) electrons. The number of anilines is 1. The van der Waals surface area contributed by atoms with E-state index in [1.165, 1.54) is 0 Å². The van der Waals surface area contributed by atoms with E-state index >= 15 is 0 Å². The van der Waals surface area contributed by atoms with Gasteiger partial charge < -0.3 is 19.5 Å². The van der Waals surface area contributed by atoms with Gasteiger partial charge in [-0.05, 0) is 49.7 Å². The van der Waals surface area contributed by atoms with Gasteiger partial charge in [-0.1, -0.05) is 11.6 Å². The number of hydrogen-bond acceptors (Lipinski definition) is 4. The third-order valence-electron chi connectivity index (χ3n) is 3.62. The zero-order valence-electron chi connectivity index (χ0n) is 13.5. The van der Waals surface area contributed by atoms with Crippen LogP contribution in [-0.2, 0) is 4.79 Å². The lowest BCUT2D eigenvalue weighted by Gasteiger charge is -2.20. The minimum Gasteiger partial charge on any atom is -0.486 e. The third kappa shape index (κ3) is 3.74. The predicted octanol–water partition coefficient (Wildman–Crippen LogP) is 3.83. The van der Waals surface area contributed by atoms with Gasteiger partial charge in [0.1, 0.15) is 19.0 Å². The quantitative estimate of drug-likeness (QED) is 0.913. The van der Waals surface area contributed by atoms with Gasteiger partial charge in [0, 0.05) is 16.8 Å². The Kier molecular flexibility index (Phi) is 4.81. The molecule has 0 spiro atoms. The summed E-state index contributed by atoms with van der Waals surface area (Å²) in [5.74, 6) is 1.69. The summed E-state index contributed by atoms with van der Waals surface area (Å²) in [7, 11) is 0. The second kappa shape index (κ2) is 7.01. The van der Waals surface area contributed by atoms with Crippen molar-refractivity contribution < 1.29 is 19.0 Å². The number of aryl methyl sites for hydroxylation is 1. The molecule has 0 aromatic heterocycles. The maximum absolute atomic E-state index is 12.3. The number of ether oxygens (including phenoxy) is 3. The highest BCUT2D eigenvalue weighted by Gasteiger charge is 2.18. The van der Waals surface area contributed by atoms with Crippen LogP contribution in [0.3, 0.4) is 0 Å². The predicted molar refractivity (Wildman–Crippen MR) is 92.3 cm³/mol. The first kappa shape index (κ1) is 16.5. The van der Waals surface area contributed by atoms with E-state index in [2.05, 4.69) is 5.32 Å². The van der Waals surface area contributed by atoms with E-state index < -0.39 is 6.10 Å². The molecule has 1 heterocycles. The zero-order valence-corrected chi connectivity index (χ0v) is 14.2. The van der Waals surface area contributed by atoms with Gasteiger partial charge in [0.05, 0.1) is 0 Å². The van der Waals surface area contributed by atoms with Gasteiger partial charge in [-0.3, -0.25) is 4.79 Å². The summed E-state index contributed by atoms with van der Waals surface area (Å²) in [6.45, 7) is 4.61. The van der Waals surface area contributed by atoms with Crippen LogP contribution in [0, 0.1) is 6.92 Å². The van der Waals surface area contributed by atoms with E-state index in [4.69, 9.17) is 25.8 Å². The molecule has 6 heteroatoms. The number of nitrogens with one attached hydrogen (secondary N) is 1. The van der Waals surface area contributed by atoms with Crippen LogP contribution in [0.25, 0.3) is 0 Å². The molecule has 3 rings (SSSR count). The highest BCUT2D eigenvalue weighted by atomic mass is 35.5. The lowest BCUT2D eigenvalue weighted by Crippen LogP contribution is -2.30. The number of benzene rings is 2. The van der Waals surface area contributed by atoms with Crippen LogP contribution >= 0.6 is 11.6 Å². The van der Waals surface area contributed by atoms with Crippen molar-refractivity contribution in [1.82, 2.24) is 0 Å². The monoisotopic (exact) mass is 347 g/mol. The summed E-state index contributed by atoms with van der Waals surface area (Å²) in [6.07, 6.45) is -0.655. The summed E-state index contributed by atoms with van der Waals surface area (Å²) < 4.78 is 16.7. The van der Waals surface area contributed by atoms with Crippen LogP contribution in [0.1, 0.15) is 12.5 Å². The molecule has 1 aliphatic heterocycles. The van der Waals surface area contributed by atoms with E-state index in [1.807, 2.05) is 6.92 Å². The fourth-order valence-corrected chi connectivity index (χ4v) is 2.58. The van der Waals surface area contributed by atoms with E-state index in [9.17, 15) is 4.79 Å². The Bertz CT molecular complexity index is 763. The molecule has 0 saturated carbocycles. The van der Waals surface area contributed by atoms with Crippen molar-refractivity contribution >= 4 is 23.2 Å². The maximum atomic E-state index is 12.3. The lowest BCUT2D eigenvalue weighted by molar-refractivity contribution is -0.122. The standard InChI is InChI=1S/C18H18ClNO4/c1-11-9-13(19)3-5-15(11)24-12(2)18(21)20-14-4-6-16-17(10-14)23-8-7-22-16/h3-6,9-10,12H,7-8H2,1-2H3,(H,20,21). The van der Waals surface area contributed by atoms with Crippen LogP contribution in [0.5, 0.6) is 17.2 Å². The Labute approximate surface area is 145 Å². The molecule has 1 N–H and O–H groups in total. The van der Waals surface area contributed by atoms with E-state index in [0.29, 0.717) is 41.2 Å². The van der Waals surface area contributed by atoms with Crippen molar-refractivity contribution in [3.63, 3.8) is 0 Å². The molecule has 2 aromatic rings. The summed E-state index contributed by atoms with van der Waals surface area (Å²) >= 11 is 5.92. The highest BCUT2D eigenvalue weighted by Crippen LogP contribution is 2.32. The van der Waals surface area contributed by atoms with Crippen LogP contribution in [0.15, 0.2) is 36.4 Å². The first-order valence-electron chi connectivity index (χ1n) is 7.66. The molecular weight excluding hydrogens is 330 g/mol. The molecule has 0 bridgehead atoms. The number of amides is 1. The summed E-state index contributed by atoms with van der Waals surface area (Å²) in [5, 5.41) is 3.45. The number of carbonyl (C=O) groups excluding carboxylic acids is 1. The second-order valence-corrected chi connectivity index (χ2v) is 5.95. The van der Waals surface area contributed by atoms with Crippen molar-refractivity contribution in [2.75, 3.05) is 18.5 Å². The lowest BCUT2D eigenvalue weighted by atomic mass is 10.2. The molecule has 0 aliphatic carbocycles. The smallest absolute Gasteiger partial charge is 0.265 e. The van der Waals surface area contributed by atoms with Crippen LogP contribution in [-0.4, -0.2) is 25.2 Å². The van der Waals surface area contributed by atoms with Crippen molar-refractivity contribution in [3.05, 3.63) is 47.0 Å². The maximum Gasteiger partial charge on any atom is 0.265 e. The Morgan fingerprint density at radius 3 is 2.67 bits per heavy atom. The molecule has 24 heavy (non-hydrogen) atoms. The Balaban J connectivity index is 1.65. The van der Waals surface area contributed by atoms with Crippen LogP contribution < -0.4 is 19.5 Å². The molecular formula is C18H18ClNO4. The van der Waals surface area contributed by atoms with Gasteiger partial charge in [-0.2, -0.15) is 0 Å². The second-order valence-electron chi connectivity index (χ2n) is 5.52. The van der Waals surface area contributed by atoms with Gasteiger partial charge >= 0.3 is 0 Å². The SMILES string of the molecule is Cc1cc(Cl)ccc1OC(C)C(=O)Nc1ccc2c(c1)OCCO2. The Morgan fingerprint density at radius 2 is 1.92 bits per heavy atom. The van der Waals surface area contributed by atoms with E-state index in [0.717, 1.165) is 5.56 Å². The third-order valence-corrected chi connectivity index (χ3v) is 3.85. The number of fused-ring (bicyclic) bond motifs is 1. The average molecular weight is 348 g/mol. The molecule has 1 aliphatic rings. The number of halogens is 1. The molecule has 2 aromatic carbocycles. The first-order valence-corrected chi connectivity index (χ1v) is 8.04. The van der Waals surface area contributed by atoms with Crippen molar-refractivity contribution in [2.24, 2.45) is 0 Å². The average Bonchev–Trinajstić information content (AvgIpc) is 2.57. The van der Waals surface area contributed by atoms with Crippen LogP contribution in [0.4, 0.5) is 5.69 Å². The normalized spacial score (nSPS) is 14.0. The number of carbonyl (C=O) groups is 1. The zero-order chi connectivity index (χ0) is 17.1. The van der Waals surface area contributed by atoms with Crippen molar-refractivity contribution in [1.29, 1.82) is 0 Å². The first-order chi connectivity index (χ1) is 11.5. The van der Waals surface area contributed by atoms with Gasteiger partial charge in [0.15, 0.2) is 17.6 Å². The van der Waals surface area contributed by atoms with E-state index in [1.54, 1.807) is 43.3 Å². The minimum atomic E-state index is -0.655. The minimum absolute atomic E-state index is 0.249. The van der Waals surface area contributed by atoms with E-state index in [-0.39, 0.29) is 5.91 Å². The fourth-order valence-electron chi connectivity index (χ4n) is 2.35. The molecule has 0 fully saturated rings. The molecule has 5 nitrogen and oxygen atoms in total. The van der Waals surface area contributed by atoms with Crippen molar-refractivity contribution in [2.45, 2.75) is 20.0 Å². The summed E-state index contributed by atoms with van der Waals surface area (Å²) in [4.78, 5) is 12.3. The van der Waals surface area contributed by atoms with Gasteiger partial charge in [0.2, 0.25) is 0 Å². The summed E-state index contributed by atoms with van der Waals surface area (Å²) in [5.41, 5.74) is 1.51. The van der Waals surface area contributed by atoms with Gasteiger partial charge in [-0.25, -0.2) is 0 Å². The number of rotatable bonds is 4. The Hall–Kier alpha value is -2.40. The molecule has 0 saturated heterocycles. The Morgan fingerprint density at radius 1 is 1.17 bits per heavy atom. The summed E-state index contributed by atoms with van der Waals surface area (Å²) in [6, 6.07) is 10.6. The largest absolute Gasteiger partial charge is 0.486 e. The fraction of sp³-hybridized carbons (Fsp3) is 0.278. The highest BCUT2D eigenvalue weighted by molar-refractivity contribution is 6.30. The van der Waals surface area contributed by atoms with Gasteiger partial charge in [0.25, 0.3) is 5.91 Å². The van der Waals surface area contributed by atoms with Gasteiger partial charge in [-0.15, -0.1) is 0 Å². The molecule has 1 unspecified atom stereocenters.